The van der Waals surface area contributed by atoms with Crippen LogP contribution < -0.4 is 10.6 Å². The number of methoxy groups -OCH3 is 1. The third-order valence-corrected chi connectivity index (χ3v) is 3.83. The molecule has 0 aliphatic rings. The van der Waals surface area contributed by atoms with E-state index in [2.05, 4.69) is 15.4 Å². The molecule has 10 heteroatoms. The quantitative estimate of drug-likeness (QED) is 0.697. The molecule has 0 saturated carbocycles. The normalized spacial score (nSPS) is 12.2. The number of amides is 2. The number of halogens is 3. The molecular formula is C16H19F3N2O4S. The maximum Gasteiger partial charge on any atom is 0.416 e. The lowest BCUT2D eigenvalue weighted by Gasteiger charge is -2.16. The van der Waals surface area contributed by atoms with E-state index in [-0.39, 0.29) is 23.4 Å². The topological polar surface area (TPSA) is 84.5 Å². The van der Waals surface area contributed by atoms with Gasteiger partial charge in [0.15, 0.2) is 0 Å². The number of anilines is 1. The average Bonchev–Trinajstić information content (AvgIpc) is 2.57. The van der Waals surface area contributed by atoms with Crippen LogP contribution in [0.15, 0.2) is 18.2 Å². The smallest absolute Gasteiger partial charge is 0.416 e. The Hall–Kier alpha value is -2.23. The molecule has 0 bridgehead atoms. The van der Waals surface area contributed by atoms with Crippen molar-refractivity contribution in [3.8, 4) is 0 Å². The van der Waals surface area contributed by atoms with Crippen LogP contribution in [0.5, 0.6) is 0 Å². The molecule has 0 radical (unpaired) electrons. The van der Waals surface area contributed by atoms with E-state index in [0.29, 0.717) is 6.07 Å². The predicted octanol–water partition coefficient (Wildman–Crippen LogP) is 2.69. The third-order valence-electron chi connectivity index (χ3n) is 3.28. The van der Waals surface area contributed by atoms with Crippen LogP contribution in [0.25, 0.3) is 0 Å². The SMILES string of the molecule is CCC(NC(=O)c1cc(NC(=O)CSC)cc(C(F)(F)F)c1)C(=O)OC. The molecule has 2 N–H and O–H groups in total. The van der Waals surface area contributed by atoms with Crippen molar-refractivity contribution in [1.29, 1.82) is 0 Å². The Labute approximate surface area is 152 Å². The Morgan fingerprint density at radius 3 is 2.38 bits per heavy atom. The summed E-state index contributed by atoms with van der Waals surface area (Å²) in [5.41, 5.74) is -1.58. The minimum absolute atomic E-state index is 0.0536. The van der Waals surface area contributed by atoms with E-state index in [1.165, 1.54) is 11.8 Å². The fraction of sp³-hybridized carbons (Fsp3) is 0.438. The number of esters is 1. The number of alkyl halides is 3. The van der Waals surface area contributed by atoms with Crippen molar-refractivity contribution in [2.75, 3.05) is 24.4 Å². The Morgan fingerprint density at radius 1 is 1.23 bits per heavy atom. The molecule has 26 heavy (non-hydrogen) atoms. The van der Waals surface area contributed by atoms with Crippen LogP contribution >= 0.6 is 11.8 Å². The van der Waals surface area contributed by atoms with Gasteiger partial charge in [-0.2, -0.15) is 24.9 Å². The molecule has 0 heterocycles. The predicted molar refractivity (Wildman–Crippen MR) is 92.0 cm³/mol. The lowest BCUT2D eigenvalue weighted by Crippen LogP contribution is -2.41. The number of hydrogen-bond acceptors (Lipinski definition) is 5. The van der Waals surface area contributed by atoms with E-state index < -0.39 is 35.6 Å². The van der Waals surface area contributed by atoms with E-state index in [1.807, 2.05) is 0 Å². The summed E-state index contributed by atoms with van der Waals surface area (Å²) in [6.07, 6.45) is -2.83. The molecule has 1 unspecified atom stereocenters. The van der Waals surface area contributed by atoms with Crippen LogP contribution in [0.2, 0.25) is 0 Å². The van der Waals surface area contributed by atoms with Gasteiger partial charge in [-0.25, -0.2) is 4.79 Å². The minimum Gasteiger partial charge on any atom is -0.467 e. The van der Waals surface area contributed by atoms with Crippen molar-refractivity contribution in [3.05, 3.63) is 29.3 Å². The standard InChI is InChI=1S/C16H19F3N2O4S/c1-4-12(15(24)25-2)21-14(23)9-5-10(16(17,18)19)7-11(6-9)20-13(22)8-26-3/h5-7,12H,4,8H2,1-3H3,(H,20,22)(H,21,23). The molecule has 0 aliphatic carbocycles. The average molecular weight is 392 g/mol. The van der Waals surface area contributed by atoms with Crippen molar-refractivity contribution >= 4 is 35.2 Å². The van der Waals surface area contributed by atoms with Crippen LogP contribution in [-0.4, -0.2) is 42.9 Å². The zero-order chi connectivity index (χ0) is 19.9. The molecule has 0 saturated heterocycles. The van der Waals surface area contributed by atoms with Crippen molar-refractivity contribution in [2.45, 2.75) is 25.6 Å². The largest absolute Gasteiger partial charge is 0.467 e. The summed E-state index contributed by atoms with van der Waals surface area (Å²) in [6.45, 7) is 1.61. The number of benzene rings is 1. The van der Waals surface area contributed by atoms with Crippen molar-refractivity contribution < 1.29 is 32.3 Å². The van der Waals surface area contributed by atoms with Gasteiger partial charge in [0.05, 0.1) is 18.4 Å². The highest BCUT2D eigenvalue weighted by molar-refractivity contribution is 7.99. The number of hydrogen-bond donors (Lipinski definition) is 2. The first-order valence-corrected chi connectivity index (χ1v) is 8.91. The minimum atomic E-state index is -4.71. The molecule has 0 spiro atoms. The number of thioether (sulfide) groups is 1. The second-order valence-electron chi connectivity index (χ2n) is 5.24. The summed E-state index contributed by atoms with van der Waals surface area (Å²) in [5.74, 6) is -2.03. The summed E-state index contributed by atoms with van der Waals surface area (Å²) < 4.78 is 43.8. The van der Waals surface area contributed by atoms with E-state index in [1.54, 1.807) is 13.2 Å². The van der Waals surface area contributed by atoms with Crippen LogP contribution in [0.3, 0.4) is 0 Å². The van der Waals surface area contributed by atoms with Crippen molar-refractivity contribution in [3.63, 3.8) is 0 Å². The van der Waals surface area contributed by atoms with Crippen LogP contribution in [0, 0.1) is 0 Å². The van der Waals surface area contributed by atoms with E-state index in [0.717, 1.165) is 19.2 Å². The summed E-state index contributed by atoms with van der Waals surface area (Å²) in [5, 5.41) is 4.64. The highest BCUT2D eigenvalue weighted by Gasteiger charge is 2.32. The first kappa shape index (κ1) is 21.8. The van der Waals surface area contributed by atoms with Gasteiger partial charge in [0, 0.05) is 11.3 Å². The molecular weight excluding hydrogens is 373 g/mol. The van der Waals surface area contributed by atoms with Crippen molar-refractivity contribution in [1.82, 2.24) is 5.32 Å². The Kier molecular flexibility index (Phi) is 7.94. The summed E-state index contributed by atoms with van der Waals surface area (Å²) in [4.78, 5) is 35.5. The van der Waals surface area contributed by atoms with E-state index >= 15 is 0 Å². The molecule has 1 aromatic rings. The number of ether oxygens (including phenoxy) is 1. The number of rotatable bonds is 7. The number of nitrogens with one attached hydrogen (secondary N) is 2. The molecule has 144 valence electrons. The van der Waals surface area contributed by atoms with Gasteiger partial charge in [0.1, 0.15) is 6.04 Å². The van der Waals surface area contributed by atoms with Crippen LogP contribution in [0.1, 0.15) is 29.3 Å². The Bertz CT molecular complexity index is 680. The van der Waals surface area contributed by atoms with Gasteiger partial charge < -0.3 is 15.4 Å². The van der Waals surface area contributed by atoms with Crippen LogP contribution in [0.4, 0.5) is 18.9 Å². The molecule has 1 atom stereocenters. The Balaban J connectivity index is 3.17. The molecule has 6 nitrogen and oxygen atoms in total. The highest BCUT2D eigenvalue weighted by atomic mass is 32.2. The zero-order valence-corrected chi connectivity index (χ0v) is 15.2. The van der Waals surface area contributed by atoms with Crippen LogP contribution in [-0.2, 0) is 20.5 Å². The van der Waals surface area contributed by atoms with Gasteiger partial charge >= 0.3 is 12.1 Å². The summed E-state index contributed by atoms with van der Waals surface area (Å²) in [6, 6.07) is 1.53. The van der Waals surface area contributed by atoms with Gasteiger partial charge in [0.25, 0.3) is 5.91 Å². The molecule has 2 amide bonds. The van der Waals surface area contributed by atoms with Gasteiger partial charge in [-0.05, 0) is 30.9 Å². The van der Waals surface area contributed by atoms with E-state index in [9.17, 15) is 27.6 Å². The molecule has 0 fully saturated rings. The molecule has 0 aromatic heterocycles. The molecule has 0 aliphatic heterocycles. The number of carbonyl (C=O) groups is 3. The zero-order valence-electron chi connectivity index (χ0n) is 14.4. The van der Waals surface area contributed by atoms with Crippen molar-refractivity contribution in [2.24, 2.45) is 0 Å². The first-order valence-electron chi connectivity index (χ1n) is 7.52. The monoisotopic (exact) mass is 392 g/mol. The summed E-state index contributed by atoms with van der Waals surface area (Å²) >= 11 is 1.20. The summed E-state index contributed by atoms with van der Waals surface area (Å²) in [7, 11) is 1.14. The lowest BCUT2D eigenvalue weighted by atomic mass is 10.1. The highest BCUT2D eigenvalue weighted by Crippen LogP contribution is 2.32. The Morgan fingerprint density at radius 2 is 1.88 bits per heavy atom. The van der Waals surface area contributed by atoms with Gasteiger partial charge in [-0.3, -0.25) is 9.59 Å². The second-order valence-corrected chi connectivity index (χ2v) is 6.10. The van der Waals surface area contributed by atoms with Gasteiger partial charge in [-0.1, -0.05) is 6.92 Å². The number of carbonyl (C=O) groups excluding carboxylic acids is 3. The van der Waals surface area contributed by atoms with E-state index in [4.69, 9.17) is 0 Å². The van der Waals surface area contributed by atoms with Gasteiger partial charge in [-0.15, -0.1) is 0 Å². The fourth-order valence-corrected chi connectivity index (χ4v) is 2.37. The lowest BCUT2D eigenvalue weighted by molar-refractivity contribution is -0.143. The third kappa shape index (κ3) is 6.25. The fourth-order valence-electron chi connectivity index (χ4n) is 2.03. The molecule has 1 aromatic carbocycles. The maximum absolute atomic E-state index is 13.1. The maximum atomic E-state index is 13.1. The molecule has 1 rings (SSSR count). The van der Waals surface area contributed by atoms with Gasteiger partial charge in [0.2, 0.25) is 5.91 Å². The second kappa shape index (κ2) is 9.46. The first-order chi connectivity index (χ1) is 12.1.